The number of hydrogen-bond donors (Lipinski definition) is 2. The Bertz CT molecular complexity index is 567. The molecule has 3 nitrogen and oxygen atoms in total. The second-order valence-corrected chi connectivity index (χ2v) is 3.82. The lowest BCUT2D eigenvalue weighted by Gasteiger charge is -2.10. The van der Waals surface area contributed by atoms with Crippen molar-refractivity contribution in [1.82, 2.24) is 0 Å². The van der Waals surface area contributed by atoms with Crippen LogP contribution in [-0.4, -0.2) is 16.2 Å². The number of carboxylic acid groups (broad SMARTS) is 1. The maximum absolute atomic E-state index is 14.1. The van der Waals surface area contributed by atoms with Crippen molar-refractivity contribution in [1.29, 1.82) is 0 Å². The zero-order valence-electron chi connectivity index (χ0n) is 9.38. The standard InChI is InChI=1S/C14H11FO3/c15-12-10(9-5-2-1-3-6-9)7-4-8-11(12)13(16)14(17)18/h1-8,13,16H,(H,17,18). The summed E-state index contributed by atoms with van der Waals surface area (Å²) in [5.41, 5.74) is 0.673. The molecule has 1 unspecified atom stereocenters. The fourth-order valence-electron chi connectivity index (χ4n) is 1.73. The van der Waals surface area contributed by atoms with Crippen LogP contribution in [0.3, 0.4) is 0 Å². The van der Waals surface area contributed by atoms with Crippen molar-refractivity contribution in [2.75, 3.05) is 0 Å². The van der Waals surface area contributed by atoms with E-state index in [1.807, 2.05) is 0 Å². The number of rotatable bonds is 3. The van der Waals surface area contributed by atoms with E-state index >= 15 is 0 Å². The molecule has 0 saturated heterocycles. The number of carboxylic acids is 1. The average Bonchev–Trinajstić information content (AvgIpc) is 2.39. The van der Waals surface area contributed by atoms with E-state index in [1.54, 1.807) is 36.4 Å². The van der Waals surface area contributed by atoms with Gasteiger partial charge in [-0.1, -0.05) is 48.5 Å². The van der Waals surface area contributed by atoms with Crippen molar-refractivity contribution >= 4 is 5.97 Å². The fourth-order valence-corrected chi connectivity index (χ4v) is 1.73. The summed E-state index contributed by atoms with van der Waals surface area (Å²) in [7, 11) is 0. The van der Waals surface area contributed by atoms with Crippen LogP contribution in [0, 0.1) is 5.82 Å². The number of aliphatic hydroxyl groups is 1. The number of aliphatic hydroxyl groups excluding tert-OH is 1. The largest absolute Gasteiger partial charge is 0.479 e. The monoisotopic (exact) mass is 246 g/mol. The second kappa shape index (κ2) is 4.98. The van der Waals surface area contributed by atoms with Gasteiger partial charge in [0.1, 0.15) is 5.82 Å². The van der Waals surface area contributed by atoms with E-state index in [4.69, 9.17) is 5.11 Å². The molecule has 0 aliphatic heterocycles. The summed E-state index contributed by atoms with van der Waals surface area (Å²) in [6, 6.07) is 13.1. The van der Waals surface area contributed by atoms with Gasteiger partial charge >= 0.3 is 5.97 Å². The van der Waals surface area contributed by atoms with Crippen LogP contribution in [0.2, 0.25) is 0 Å². The number of carbonyl (C=O) groups is 1. The predicted molar refractivity (Wildman–Crippen MR) is 64.4 cm³/mol. The Hall–Kier alpha value is -2.20. The molecule has 92 valence electrons. The molecule has 0 bridgehead atoms. The highest BCUT2D eigenvalue weighted by Crippen LogP contribution is 2.27. The highest BCUT2D eigenvalue weighted by molar-refractivity contribution is 5.75. The minimum absolute atomic E-state index is 0.233. The van der Waals surface area contributed by atoms with Crippen LogP contribution >= 0.6 is 0 Å². The average molecular weight is 246 g/mol. The zero-order valence-corrected chi connectivity index (χ0v) is 9.38. The van der Waals surface area contributed by atoms with Crippen molar-refractivity contribution in [3.8, 4) is 11.1 Å². The van der Waals surface area contributed by atoms with Crippen LogP contribution in [0.1, 0.15) is 11.7 Å². The third kappa shape index (κ3) is 2.24. The van der Waals surface area contributed by atoms with Gasteiger partial charge in [0.05, 0.1) is 0 Å². The first-order valence-corrected chi connectivity index (χ1v) is 5.36. The molecule has 0 heterocycles. The van der Waals surface area contributed by atoms with E-state index in [-0.39, 0.29) is 11.1 Å². The Morgan fingerprint density at radius 1 is 1.06 bits per heavy atom. The maximum Gasteiger partial charge on any atom is 0.337 e. The van der Waals surface area contributed by atoms with Crippen molar-refractivity contribution in [3.63, 3.8) is 0 Å². The molecule has 0 fully saturated rings. The van der Waals surface area contributed by atoms with E-state index in [1.165, 1.54) is 12.1 Å². The molecule has 2 aromatic rings. The molecule has 2 N–H and O–H groups in total. The predicted octanol–water partition coefficient (Wildman–Crippen LogP) is 2.61. The lowest BCUT2D eigenvalue weighted by molar-refractivity contribution is -0.147. The molecule has 2 aromatic carbocycles. The van der Waals surface area contributed by atoms with Crippen LogP contribution in [0.15, 0.2) is 48.5 Å². The molecule has 0 spiro atoms. The van der Waals surface area contributed by atoms with Gasteiger partial charge in [-0.3, -0.25) is 0 Å². The van der Waals surface area contributed by atoms with E-state index in [2.05, 4.69) is 0 Å². The van der Waals surface area contributed by atoms with Gasteiger partial charge in [-0.2, -0.15) is 0 Å². The fraction of sp³-hybridized carbons (Fsp3) is 0.0714. The van der Waals surface area contributed by atoms with Gasteiger partial charge in [0.2, 0.25) is 0 Å². The van der Waals surface area contributed by atoms with E-state index < -0.39 is 17.9 Å². The van der Waals surface area contributed by atoms with Crippen molar-refractivity contribution in [3.05, 3.63) is 59.9 Å². The Labute approximate surface area is 103 Å². The lowest BCUT2D eigenvalue weighted by Crippen LogP contribution is -2.12. The molecule has 0 radical (unpaired) electrons. The summed E-state index contributed by atoms with van der Waals surface area (Å²) >= 11 is 0. The Morgan fingerprint density at radius 2 is 1.72 bits per heavy atom. The minimum atomic E-state index is -1.85. The smallest absolute Gasteiger partial charge is 0.337 e. The summed E-state index contributed by atoms with van der Waals surface area (Å²) in [4.78, 5) is 10.7. The van der Waals surface area contributed by atoms with E-state index in [0.717, 1.165) is 0 Å². The van der Waals surface area contributed by atoms with Gasteiger partial charge in [-0.25, -0.2) is 9.18 Å². The van der Waals surface area contributed by atoms with Gasteiger partial charge in [-0.15, -0.1) is 0 Å². The lowest BCUT2D eigenvalue weighted by atomic mass is 9.99. The van der Waals surface area contributed by atoms with Crippen LogP contribution in [-0.2, 0) is 4.79 Å². The minimum Gasteiger partial charge on any atom is -0.479 e. The number of aliphatic carboxylic acids is 1. The Morgan fingerprint density at radius 3 is 2.33 bits per heavy atom. The maximum atomic E-state index is 14.1. The van der Waals surface area contributed by atoms with Gasteiger partial charge in [-0.05, 0) is 5.56 Å². The summed E-state index contributed by atoms with van der Waals surface area (Å²) in [6.45, 7) is 0. The first-order valence-electron chi connectivity index (χ1n) is 5.36. The molecular weight excluding hydrogens is 235 g/mol. The molecule has 1 atom stereocenters. The Kier molecular flexibility index (Phi) is 3.39. The number of halogens is 1. The van der Waals surface area contributed by atoms with Gasteiger partial charge < -0.3 is 10.2 Å². The summed E-state index contributed by atoms with van der Waals surface area (Å²) in [5.74, 6) is -2.18. The van der Waals surface area contributed by atoms with Crippen LogP contribution in [0.5, 0.6) is 0 Å². The third-order valence-corrected chi connectivity index (χ3v) is 2.64. The van der Waals surface area contributed by atoms with Crippen LogP contribution < -0.4 is 0 Å². The summed E-state index contributed by atoms with van der Waals surface area (Å²) < 4.78 is 14.1. The first-order chi connectivity index (χ1) is 8.61. The number of benzene rings is 2. The SMILES string of the molecule is O=C(O)C(O)c1cccc(-c2ccccc2)c1F. The van der Waals surface area contributed by atoms with Gasteiger partial charge in [0.15, 0.2) is 6.10 Å². The summed E-state index contributed by atoms with van der Waals surface area (Å²) in [5, 5.41) is 18.1. The summed E-state index contributed by atoms with van der Waals surface area (Å²) in [6.07, 6.45) is -1.85. The molecule has 0 amide bonds. The van der Waals surface area contributed by atoms with Gasteiger partial charge in [0.25, 0.3) is 0 Å². The normalized spacial score (nSPS) is 12.1. The molecule has 4 heteroatoms. The second-order valence-electron chi connectivity index (χ2n) is 3.82. The third-order valence-electron chi connectivity index (χ3n) is 2.64. The van der Waals surface area contributed by atoms with E-state index in [9.17, 15) is 14.3 Å². The highest BCUT2D eigenvalue weighted by atomic mass is 19.1. The topological polar surface area (TPSA) is 57.5 Å². The first kappa shape index (κ1) is 12.3. The van der Waals surface area contributed by atoms with Crippen LogP contribution in [0.25, 0.3) is 11.1 Å². The van der Waals surface area contributed by atoms with Crippen molar-refractivity contribution in [2.24, 2.45) is 0 Å². The molecular formula is C14H11FO3. The molecule has 18 heavy (non-hydrogen) atoms. The molecule has 0 saturated carbocycles. The molecule has 0 aliphatic rings. The quantitative estimate of drug-likeness (QED) is 0.875. The number of hydrogen-bond acceptors (Lipinski definition) is 2. The van der Waals surface area contributed by atoms with Gasteiger partial charge in [0, 0.05) is 11.1 Å². The van der Waals surface area contributed by atoms with Crippen molar-refractivity contribution < 1.29 is 19.4 Å². The van der Waals surface area contributed by atoms with Crippen molar-refractivity contribution in [2.45, 2.75) is 6.10 Å². The molecule has 0 aromatic heterocycles. The Balaban J connectivity index is 2.52. The molecule has 2 rings (SSSR count). The van der Waals surface area contributed by atoms with Crippen LogP contribution in [0.4, 0.5) is 4.39 Å². The highest BCUT2D eigenvalue weighted by Gasteiger charge is 2.21. The zero-order chi connectivity index (χ0) is 13.1. The molecule has 0 aliphatic carbocycles. The van der Waals surface area contributed by atoms with E-state index in [0.29, 0.717) is 5.56 Å².